The molecule has 3 aromatic carbocycles. The molecule has 1 aromatic heterocycles. The van der Waals surface area contributed by atoms with Crippen molar-refractivity contribution in [2.45, 2.75) is 24.7 Å². The minimum atomic E-state index is -4.72. The lowest BCUT2D eigenvalue weighted by Crippen LogP contribution is -2.32. The molecule has 0 aliphatic rings. The van der Waals surface area contributed by atoms with Crippen LogP contribution in [0.25, 0.3) is 21.6 Å². The molecule has 192 valence electrons. The van der Waals surface area contributed by atoms with E-state index in [0.29, 0.717) is 16.0 Å². The first kappa shape index (κ1) is 26.2. The standard InChI is InChI=1S/C27H23F3N2O4S/c1-35-22-14-19(17-5-3-2-4-6-17)11-12-20(22)24(27(28,29)30)36-26-32-15-23(37-26)18-9-7-16(8-10-18)13-21(31)25(33)34/h2-12,14-15,21,24H,13,31H2,1H3,(H,33,34)/t21-,24?/m0/s1. The Morgan fingerprint density at radius 1 is 1.03 bits per heavy atom. The Hall–Kier alpha value is -3.89. The number of carboxylic acids is 1. The molecule has 6 nitrogen and oxygen atoms in total. The molecule has 2 atom stereocenters. The number of methoxy groups -OCH3 is 1. The van der Waals surface area contributed by atoms with Crippen LogP contribution < -0.4 is 15.2 Å². The fourth-order valence-electron chi connectivity index (χ4n) is 3.74. The van der Waals surface area contributed by atoms with E-state index in [0.717, 1.165) is 22.5 Å². The van der Waals surface area contributed by atoms with E-state index in [1.807, 2.05) is 30.3 Å². The highest BCUT2D eigenvalue weighted by Crippen LogP contribution is 2.43. The Kier molecular flexibility index (Phi) is 7.80. The summed E-state index contributed by atoms with van der Waals surface area (Å²) in [5.74, 6) is -1.05. The van der Waals surface area contributed by atoms with Crippen LogP contribution >= 0.6 is 11.3 Å². The second-order valence-corrected chi connectivity index (χ2v) is 9.19. The molecule has 37 heavy (non-hydrogen) atoms. The van der Waals surface area contributed by atoms with Crippen LogP contribution in [0.15, 0.2) is 79.0 Å². The van der Waals surface area contributed by atoms with Crippen molar-refractivity contribution in [1.82, 2.24) is 4.98 Å². The number of benzene rings is 3. The van der Waals surface area contributed by atoms with Gasteiger partial charge in [0, 0.05) is 11.8 Å². The summed E-state index contributed by atoms with van der Waals surface area (Å²) in [6.45, 7) is 0. The van der Waals surface area contributed by atoms with E-state index in [2.05, 4.69) is 4.98 Å². The Labute approximate surface area is 215 Å². The fourth-order valence-corrected chi connectivity index (χ4v) is 4.53. The lowest BCUT2D eigenvalue weighted by molar-refractivity contribution is -0.198. The first-order valence-corrected chi connectivity index (χ1v) is 12.0. The summed E-state index contributed by atoms with van der Waals surface area (Å²) in [5.41, 5.74) is 8.39. The van der Waals surface area contributed by atoms with Gasteiger partial charge in [-0.1, -0.05) is 78.1 Å². The van der Waals surface area contributed by atoms with Crippen LogP contribution in [0.1, 0.15) is 17.2 Å². The van der Waals surface area contributed by atoms with E-state index in [1.54, 1.807) is 36.4 Å². The zero-order chi connectivity index (χ0) is 26.6. The molecule has 3 N–H and O–H groups in total. The van der Waals surface area contributed by atoms with Crippen molar-refractivity contribution in [2.24, 2.45) is 5.73 Å². The highest BCUT2D eigenvalue weighted by Gasteiger charge is 2.45. The molecule has 4 aromatic rings. The SMILES string of the molecule is COc1cc(-c2ccccc2)ccc1C(Oc1ncc(-c2ccc(C[C@H](N)C(=O)O)cc2)s1)C(F)(F)F. The van der Waals surface area contributed by atoms with Crippen LogP contribution in [-0.2, 0) is 11.2 Å². The molecular formula is C27H23F3N2O4S. The molecule has 0 aliphatic heterocycles. The van der Waals surface area contributed by atoms with E-state index in [-0.39, 0.29) is 22.9 Å². The predicted molar refractivity (Wildman–Crippen MR) is 135 cm³/mol. The molecule has 0 bridgehead atoms. The van der Waals surface area contributed by atoms with Crippen LogP contribution in [0.2, 0.25) is 0 Å². The van der Waals surface area contributed by atoms with Crippen molar-refractivity contribution in [3.8, 4) is 32.5 Å². The molecular weight excluding hydrogens is 505 g/mol. The lowest BCUT2D eigenvalue weighted by Gasteiger charge is -2.23. The normalized spacial score (nSPS) is 13.1. The zero-order valence-corrected chi connectivity index (χ0v) is 20.4. The monoisotopic (exact) mass is 528 g/mol. The number of aliphatic carboxylic acids is 1. The second-order valence-electron chi connectivity index (χ2n) is 8.20. The average Bonchev–Trinajstić information content (AvgIpc) is 3.36. The maximum absolute atomic E-state index is 14.1. The summed E-state index contributed by atoms with van der Waals surface area (Å²) < 4.78 is 53.0. The van der Waals surface area contributed by atoms with Gasteiger partial charge in [0.25, 0.3) is 5.19 Å². The first-order chi connectivity index (χ1) is 17.7. The van der Waals surface area contributed by atoms with Gasteiger partial charge in [-0.15, -0.1) is 0 Å². The molecule has 0 fully saturated rings. The summed E-state index contributed by atoms with van der Waals surface area (Å²) in [4.78, 5) is 15.6. The molecule has 4 rings (SSSR count). The van der Waals surface area contributed by atoms with E-state index >= 15 is 0 Å². The number of hydrogen-bond donors (Lipinski definition) is 2. The molecule has 0 spiro atoms. The van der Waals surface area contributed by atoms with E-state index in [1.165, 1.54) is 19.4 Å². The highest BCUT2D eigenvalue weighted by molar-refractivity contribution is 7.16. The van der Waals surface area contributed by atoms with Crippen molar-refractivity contribution in [2.75, 3.05) is 7.11 Å². The molecule has 0 saturated heterocycles. The Morgan fingerprint density at radius 2 is 1.70 bits per heavy atom. The van der Waals surface area contributed by atoms with Gasteiger partial charge in [-0.05, 0) is 34.7 Å². The molecule has 1 heterocycles. The van der Waals surface area contributed by atoms with Gasteiger partial charge < -0.3 is 20.3 Å². The number of nitrogens with two attached hydrogens (primary N) is 1. The third kappa shape index (κ3) is 6.28. The summed E-state index contributed by atoms with van der Waals surface area (Å²) in [6, 6.07) is 19.6. The fraction of sp³-hybridized carbons (Fsp3) is 0.185. The third-order valence-electron chi connectivity index (χ3n) is 5.63. The molecule has 0 aliphatic carbocycles. The van der Waals surface area contributed by atoms with Crippen molar-refractivity contribution in [1.29, 1.82) is 0 Å². The zero-order valence-electron chi connectivity index (χ0n) is 19.6. The van der Waals surface area contributed by atoms with Crippen molar-refractivity contribution >= 4 is 17.3 Å². The van der Waals surface area contributed by atoms with Gasteiger partial charge in [-0.25, -0.2) is 4.98 Å². The summed E-state index contributed by atoms with van der Waals surface area (Å²) in [5, 5.41) is 8.81. The highest BCUT2D eigenvalue weighted by atomic mass is 32.1. The van der Waals surface area contributed by atoms with Gasteiger partial charge in [-0.3, -0.25) is 4.79 Å². The van der Waals surface area contributed by atoms with Crippen LogP contribution in [0, 0.1) is 0 Å². The Morgan fingerprint density at radius 3 is 2.32 bits per heavy atom. The van der Waals surface area contributed by atoms with Crippen LogP contribution in [0.4, 0.5) is 13.2 Å². The Bertz CT molecular complexity index is 1360. The third-order valence-corrected chi connectivity index (χ3v) is 6.57. The minimum Gasteiger partial charge on any atom is -0.496 e. The van der Waals surface area contributed by atoms with Crippen molar-refractivity contribution in [3.63, 3.8) is 0 Å². The number of rotatable bonds is 9. The first-order valence-electron chi connectivity index (χ1n) is 11.2. The van der Waals surface area contributed by atoms with Crippen LogP contribution in [0.5, 0.6) is 10.9 Å². The number of halogens is 3. The van der Waals surface area contributed by atoms with Crippen molar-refractivity contribution < 1.29 is 32.5 Å². The number of aromatic nitrogens is 1. The molecule has 10 heteroatoms. The number of thiazole rings is 1. The Balaban J connectivity index is 1.57. The molecule has 0 radical (unpaired) electrons. The number of nitrogens with zero attached hydrogens (tertiary/aromatic N) is 1. The van der Waals surface area contributed by atoms with Gasteiger partial charge in [0.15, 0.2) is 0 Å². The number of carboxylic acid groups (broad SMARTS) is 1. The van der Waals surface area contributed by atoms with Gasteiger partial charge >= 0.3 is 12.1 Å². The van der Waals surface area contributed by atoms with Gasteiger partial charge in [0.1, 0.15) is 11.8 Å². The number of alkyl halides is 3. The van der Waals surface area contributed by atoms with E-state index in [9.17, 15) is 18.0 Å². The predicted octanol–water partition coefficient (Wildman–Crippen LogP) is 6.12. The maximum Gasteiger partial charge on any atom is 0.429 e. The number of carbonyl (C=O) groups is 1. The van der Waals surface area contributed by atoms with E-state index in [4.69, 9.17) is 20.3 Å². The number of ether oxygens (including phenoxy) is 2. The molecule has 0 amide bonds. The topological polar surface area (TPSA) is 94.7 Å². The summed E-state index contributed by atoms with van der Waals surface area (Å²) in [6.07, 6.45) is -5.42. The largest absolute Gasteiger partial charge is 0.496 e. The smallest absolute Gasteiger partial charge is 0.429 e. The summed E-state index contributed by atoms with van der Waals surface area (Å²) >= 11 is 0.970. The molecule has 0 saturated carbocycles. The van der Waals surface area contributed by atoms with Crippen LogP contribution in [-0.4, -0.2) is 35.4 Å². The van der Waals surface area contributed by atoms with Gasteiger partial charge in [-0.2, -0.15) is 13.2 Å². The number of hydrogen-bond acceptors (Lipinski definition) is 6. The second kappa shape index (κ2) is 11.0. The van der Waals surface area contributed by atoms with Crippen LogP contribution in [0.3, 0.4) is 0 Å². The van der Waals surface area contributed by atoms with E-state index < -0.39 is 24.3 Å². The van der Waals surface area contributed by atoms with Crippen molar-refractivity contribution in [3.05, 3.63) is 90.1 Å². The minimum absolute atomic E-state index is 0.0515. The quantitative estimate of drug-likeness (QED) is 0.272. The maximum atomic E-state index is 14.1. The lowest BCUT2D eigenvalue weighted by atomic mass is 10.0. The molecule has 1 unspecified atom stereocenters. The van der Waals surface area contributed by atoms with Gasteiger partial charge in [0.2, 0.25) is 6.10 Å². The van der Waals surface area contributed by atoms with Gasteiger partial charge in [0.05, 0.1) is 12.0 Å². The average molecular weight is 529 g/mol. The summed E-state index contributed by atoms with van der Waals surface area (Å²) in [7, 11) is 1.32.